The van der Waals surface area contributed by atoms with E-state index >= 15 is 0 Å². The van der Waals surface area contributed by atoms with Crippen molar-refractivity contribution in [3.05, 3.63) is 23.8 Å². The van der Waals surface area contributed by atoms with Crippen LogP contribution in [0.15, 0.2) is 18.2 Å². The Morgan fingerprint density at radius 2 is 2.13 bits per heavy atom. The molecule has 1 fully saturated rings. The van der Waals surface area contributed by atoms with Gasteiger partial charge in [0.2, 0.25) is 0 Å². The van der Waals surface area contributed by atoms with Crippen LogP contribution in [0.1, 0.15) is 30.1 Å². The van der Waals surface area contributed by atoms with Crippen LogP contribution in [0.25, 0.3) is 0 Å². The molecule has 0 bridgehead atoms. The topological polar surface area (TPSA) is 109 Å². The summed E-state index contributed by atoms with van der Waals surface area (Å²) in [5, 5.41) is 20.8. The van der Waals surface area contributed by atoms with Crippen LogP contribution in [0, 0.1) is 17.2 Å². The number of aromatic carboxylic acids is 1. The molecular weight excluding hydrogens is 300 g/mol. The van der Waals surface area contributed by atoms with Crippen LogP contribution < -0.4 is 14.8 Å². The number of rotatable bonds is 7. The van der Waals surface area contributed by atoms with Gasteiger partial charge in [0, 0.05) is 0 Å². The first-order valence-electron chi connectivity index (χ1n) is 7.16. The largest absolute Gasteiger partial charge is 0.493 e. The third-order valence-corrected chi connectivity index (χ3v) is 3.79. The van der Waals surface area contributed by atoms with Gasteiger partial charge in [-0.15, -0.1) is 0 Å². The Labute approximate surface area is 133 Å². The van der Waals surface area contributed by atoms with Crippen molar-refractivity contribution in [1.29, 1.82) is 5.26 Å². The van der Waals surface area contributed by atoms with E-state index in [1.807, 2.05) is 0 Å². The number of amides is 1. The molecule has 0 aliphatic heterocycles. The fourth-order valence-corrected chi connectivity index (χ4v) is 2.27. The predicted octanol–water partition coefficient (Wildman–Crippen LogP) is 1.58. The van der Waals surface area contributed by atoms with Gasteiger partial charge < -0.3 is 19.9 Å². The molecule has 1 aromatic carbocycles. The number of methoxy groups -OCH3 is 1. The van der Waals surface area contributed by atoms with Crippen molar-refractivity contribution in [2.45, 2.75) is 25.3 Å². The summed E-state index contributed by atoms with van der Waals surface area (Å²) in [7, 11) is 1.38. The van der Waals surface area contributed by atoms with Crippen LogP contribution in [0.3, 0.4) is 0 Å². The van der Waals surface area contributed by atoms with Gasteiger partial charge in [0.25, 0.3) is 5.91 Å². The van der Waals surface area contributed by atoms with Crippen LogP contribution in [-0.4, -0.2) is 36.2 Å². The summed E-state index contributed by atoms with van der Waals surface area (Å²) in [5.74, 6) is -0.825. The number of nitrogens with zero attached hydrogens (tertiary/aromatic N) is 1. The van der Waals surface area contributed by atoms with Gasteiger partial charge in [-0.3, -0.25) is 4.79 Å². The maximum atomic E-state index is 12.0. The smallest absolute Gasteiger partial charge is 0.335 e. The molecule has 1 saturated carbocycles. The van der Waals surface area contributed by atoms with Crippen LogP contribution in [-0.2, 0) is 4.79 Å². The van der Waals surface area contributed by atoms with E-state index in [1.54, 1.807) is 6.92 Å². The minimum absolute atomic E-state index is 0.0597. The Morgan fingerprint density at radius 1 is 1.43 bits per heavy atom. The summed E-state index contributed by atoms with van der Waals surface area (Å²) in [6.07, 6.45) is 1.85. The third kappa shape index (κ3) is 3.92. The Balaban J connectivity index is 1.99. The molecule has 0 saturated heterocycles. The van der Waals surface area contributed by atoms with Crippen LogP contribution >= 0.6 is 0 Å². The summed E-state index contributed by atoms with van der Waals surface area (Å²) >= 11 is 0. The van der Waals surface area contributed by atoms with E-state index in [0.717, 1.165) is 12.8 Å². The first-order chi connectivity index (χ1) is 10.9. The Hall–Kier alpha value is -2.75. The van der Waals surface area contributed by atoms with Crippen molar-refractivity contribution in [2.24, 2.45) is 5.92 Å². The van der Waals surface area contributed by atoms with Gasteiger partial charge in [-0.05, 0) is 43.9 Å². The average molecular weight is 318 g/mol. The van der Waals surface area contributed by atoms with Gasteiger partial charge in [-0.25, -0.2) is 4.79 Å². The lowest BCUT2D eigenvalue weighted by atomic mass is 9.98. The normalized spacial score (nSPS) is 15.9. The molecule has 7 heteroatoms. The van der Waals surface area contributed by atoms with Gasteiger partial charge in [0.05, 0.1) is 18.7 Å². The van der Waals surface area contributed by atoms with Crippen LogP contribution in [0.2, 0.25) is 0 Å². The average Bonchev–Trinajstić information content (AvgIpc) is 3.37. The molecule has 122 valence electrons. The number of carbonyl (C=O) groups excluding carboxylic acids is 1. The Kier molecular flexibility index (Phi) is 4.74. The number of hydrogen-bond donors (Lipinski definition) is 2. The van der Waals surface area contributed by atoms with Crippen molar-refractivity contribution >= 4 is 11.9 Å². The number of ether oxygens (including phenoxy) is 2. The molecule has 0 spiro atoms. The number of hydrogen-bond acceptors (Lipinski definition) is 5. The minimum Gasteiger partial charge on any atom is -0.493 e. The van der Waals surface area contributed by atoms with Gasteiger partial charge in [-0.1, -0.05) is 0 Å². The number of carboxylic acid groups (broad SMARTS) is 1. The first-order valence-corrected chi connectivity index (χ1v) is 7.16. The standard InChI is InChI=1S/C16H18N2O5/c1-16(9-17,11-4-5-11)18-14(19)8-23-12-6-3-10(15(20)21)7-13(12)22-2/h3,6-7,11H,4-5,8H2,1-2H3,(H,18,19)(H,20,21). The van der Waals surface area contributed by atoms with E-state index in [-0.39, 0.29) is 29.6 Å². The highest BCUT2D eigenvalue weighted by molar-refractivity contribution is 5.88. The number of carbonyl (C=O) groups is 2. The Morgan fingerprint density at radius 3 is 2.65 bits per heavy atom. The maximum absolute atomic E-state index is 12.0. The molecule has 0 radical (unpaired) electrons. The summed E-state index contributed by atoms with van der Waals surface area (Å²) in [5.41, 5.74) is -0.818. The number of benzene rings is 1. The first kappa shape index (κ1) is 16.6. The molecule has 0 heterocycles. The lowest BCUT2D eigenvalue weighted by Gasteiger charge is -2.23. The van der Waals surface area contributed by atoms with E-state index < -0.39 is 17.4 Å². The van der Waals surface area contributed by atoms with E-state index in [1.165, 1.54) is 25.3 Å². The molecule has 2 rings (SSSR count). The second-order valence-electron chi connectivity index (χ2n) is 5.60. The van der Waals surface area contributed by atoms with Crippen molar-refractivity contribution < 1.29 is 24.2 Å². The third-order valence-electron chi connectivity index (χ3n) is 3.79. The molecule has 2 N–H and O–H groups in total. The molecule has 0 aromatic heterocycles. The molecule has 1 amide bonds. The number of nitriles is 1. The lowest BCUT2D eigenvalue weighted by Crippen LogP contribution is -2.48. The SMILES string of the molecule is COc1cc(C(=O)O)ccc1OCC(=O)NC(C)(C#N)C1CC1. The van der Waals surface area contributed by atoms with Crippen molar-refractivity contribution in [1.82, 2.24) is 5.32 Å². The molecule has 7 nitrogen and oxygen atoms in total. The highest BCUT2D eigenvalue weighted by atomic mass is 16.5. The van der Waals surface area contributed by atoms with E-state index in [9.17, 15) is 14.9 Å². The lowest BCUT2D eigenvalue weighted by molar-refractivity contribution is -0.124. The summed E-state index contributed by atoms with van der Waals surface area (Å²) in [4.78, 5) is 22.9. The number of carboxylic acids is 1. The highest BCUT2D eigenvalue weighted by Crippen LogP contribution is 2.39. The Bertz CT molecular complexity index is 663. The molecule has 1 unspecified atom stereocenters. The zero-order chi connectivity index (χ0) is 17.0. The van der Waals surface area contributed by atoms with Crippen LogP contribution in [0.4, 0.5) is 0 Å². The molecule has 23 heavy (non-hydrogen) atoms. The van der Waals surface area contributed by atoms with Crippen LogP contribution in [0.5, 0.6) is 11.5 Å². The monoisotopic (exact) mass is 318 g/mol. The summed E-state index contributed by atoms with van der Waals surface area (Å²) < 4.78 is 10.4. The van der Waals surface area contributed by atoms with Crippen molar-refractivity contribution in [2.75, 3.05) is 13.7 Å². The van der Waals surface area contributed by atoms with Gasteiger partial charge in [0.15, 0.2) is 18.1 Å². The fourth-order valence-electron chi connectivity index (χ4n) is 2.27. The fraction of sp³-hybridized carbons (Fsp3) is 0.438. The molecule has 1 aromatic rings. The van der Waals surface area contributed by atoms with Gasteiger partial charge in [0.1, 0.15) is 5.54 Å². The van der Waals surface area contributed by atoms with Crippen molar-refractivity contribution in [3.8, 4) is 17.6 Å². The van der Waals surface area contributed by atoms with E-state index in [0.29, 0.717) is 0 Å². The summed E-state index contributed by atoms with van der Waals surface area (Å²) in [6.45, 7) is 1.41. The number of nitrogens with one attached hydrogen (secondary N) is 1. The molecular formula is C16H18N2O5. The maximum Gasteiger partial charge on any atom is 0.335 e. The zero-order valence-corrected chi connectivity index (χ0v) is 13.0. The van der Waals surface area contributed by atoms with Gasteiger partial charge >= 0.3 is 5.97 Å². The quantitative estimate of drug-likeness (QED) is 0.790. The highest BCUT2D eigenvalue weighted by Gasteiger charge is 2.43. The second-order valence-corrected chi connectivity index (χ2v) is 5.60. The summed E-state index contributed by atoms with van der Waals surface area (Å²) in [6, 6.07) is 6.25. The van der Waals surface area contributed by atoms with Gasteiger partial charge in [-0.2, -0.15) is 5.26 Å². The van der Waals surface area contributed by atoms with Crippen molar-refractivity contribution in [3.63, 3.8) is 0 Å². The zero-order valence-electron chi connectivity index (χ0n) is 13.0. The molecule has 1 aliphatic rings. The second kappa shape index (κ2) is 6.57. The van der Waals surface area contributed by atoms with E-state index in [2.05, 4.69) is 11.4 Å². The molecule has 1 atom stereocenters. The predicted molar refractivity (Wildman–Crippen MR) is 80.3 cm³/mol. The minimum atomic E-state index is -1.08. The van der Waals surface area contributed by atoms with E-state index in [4.69, 9.17) is 14.6 Å². The molecule has 1 aliphatic carbocycles.